The number of fused-ring (bicyclic) bond motifs is 3. The van der Waals surface area contributed by atoms with Crippen molar-refractivity contribution in [2.24, 2.45) is 0 Å². The summed E-state index contributed by atoms with van der Waals surface area (Å²) < 4.78 is 7.42. The molecule has 1 atom stereocenters. The lowest BCUT2D eigenvalue weighted by molar-refractivity contribution is 0.317. The van der Waals surface area contributed by atoms with E-state index in [1.165, 1.54) is 0 Å². The standard InChI is InChI=1S/C13H12N4O2S2/c1-2-19-10-5-8(3-4-9(10)18)12-17-11(6-20-12)21-13-15-14-7-16(13)17/h3-7,12,18H,2H2,1H3. The Morgan fingerprint density at radius 1 is 1.43 bits per heavy atom. The first-order valence-corrected chi connectivity index (χ1v) is 8.22. The van der Waals surface area contributed by atoms with E-state index in [9.17, 15) is 5.11 Å². The first kappa shape index (κ1) is 12.9. The average Bonchev–Trinajstić information content (AvgIpc) is 3.13. The van der Waals surface area contributed by atoms with Gasteiger partial charge in [-0.1, -0.05) is 17.8 Å². The van der Waals surface area contributed by atoms with E-state index in [0.717, 1.165) is 15.7 Å². The number of hydrogen-bond donors (Lipinski definition) is 1. The highest BCUT2D eigenvalue weighted by atomic mass is 32.2. The Morgan fingerprint density at radius 2 is 2.33 bits per heavy atom. The Balaban J connectivity index is 1.71. The number of aromatic hydroxyl groups is 1. The fourth-order valence-corrected chi connectivity index (χ4v) is 4.55. The van der Waals surface area contributed by atoms with Crippen molar-refractivity contribution >= 4 is 23.5 Å². The third kappa shape index (κ3) is 1.97. The van der Waals surface area contributed by atoms with Crippen LogP contribution in [-0.2, 0) is 0 Å². The normalized spacial score (nSPS) is 19.4. The highest BCUT2D eigenvalue weighted by Gasteiger charge is 2.37. The molecule has 0 fully saturated rings. The fraction of sp³-hybridized carbons (Fsp3) is 0.231. The van der Waals surface area contributed by atoms with Crippen molar-refractivity contribution in [2.75, 3.05) is 11.6 Å². The van der Waals surface area contributed by atoms with Crippen LogP contribution in [0.2, 0.25) is 0 Å². The zero-order valence-corrected chi connectivity index (χ0v) is 12.8. The van der Waals surface area contributed by atoms with Crippen LogP contribution in [0.4, 0.5) is 0 Å². The predicted molar refractivity (Wildman–Crippen MR) is 81.8 cm³/mol. The van der Waals surface area contributed by atoms with E-state index in [1.54, 1.807) is 35.9 Å². The SMILES string of the molecule is CCOc1cc(C2SC=C3Sc4nncn4N32)ccc1O. The minimum atomic E-state index is 0.0876. The summed E-state index contributed by atoms with van der Waals surface area (Å²) >= 11 is 3.32. The van der Waals surface area contributed by atoms with Gasteiger partial charge in [0.1, 0.15) is 16.7 Å². The molecule has 0 bridgehead atoms. The molecule has 1 unspecified atom stereocenters. The molecule has 6 nitrogen and oxygen atoms in total. The third-order valence-corrected chi connectivity index (χ3v) is 5.45. The number of phenols is 1. The number of ether oxygens (including phenoxy) is 1. The molecule has 108 valence electrons. The Bertz CT molecular complexity index is 731. The van der Waals surface area contributed by atoms with Gasteiger partial charge in [-0.05, 0) is 36.4 Å². The highest BCUT2D eigenvalue weighted by Crippen LogP contribution is 2.51. The quantitative estimate of drug-likeness (QED) is 0.932. The van der Waals surface area contributed by atoms with Crippen LogP contribution in [0.5, 0.6) is 11.5 Å². The van der Waals surface area contributed by atoms with Crippen LogP contribution in [0.25, 0.3) is 0 Å². The molecule has 2 aliphatic heterocycles. The highest BCUT2D eigenvalue weighted by molar-refractivity contribution is 8.07. The maximum atomic E-state index is 9.83. The van der Waals surface area contributed by atoms with Crippen LogP contribution < -0.4 is 9.75 Å². The van der Waals surface area contributed by atoms with Crippen LogP contribution >= 0.6 is 23.5 Å². The maximum Gasteiger partial charge on any atom is 0.216 e. The van der Waals surface area contributed by atoms with Crippen molar-refractivity contribution in [3.63, 3.8) is 0 Å². The lowest BCUT2D eigenvalue weighted by Crippen LogP contribution is -2.28. The summed E-state index contributed by atoms with van der Waals surface area (Å²) in [6, 6.07) is 5.48. The Kier molecular flexibility index (Phi) is 3.00. The van der Waals surface area contributed by atoms with E-state index < -0.39 is 0 Å². The second kappa shape index (κ2) is 4.88. The fourth-order valence-electron chi connectivity index (χ4n) is 2.34. The summed E-state index contributed by atoms with van der Waals surface area (Å²) in [4.78, 5) is 0. The zero-order valence-electron chi connectivity index (χ0n) is 11.1. The monoisotopic (exact) mass is 320 g/mol. The molecule has 1 aromatic carbocycles. The van der Waals surface area contributed by atoms with Crippen molar-refractivity contribution in [1.82, 2.24) is 14.9 Å². The summed E-state index contributed by atoms with van der Waals surface area (Å²) in [5.74, 6) is 0.678. The van der Waals surface area contributed by atoms with Gasteiger partial charge in [-0.25, -0.2) is 4.68 Å². The summed E-state index contributed by atoms with van der Waals surface area (Å²) in [5, 5.41) is 24.2. The van der Waals surface area contributed by atoms with Gasteiger partial charge in [0.05, 0.1) is 6.61 Å². The van der Waals surface area contributed by atoms with Gasteiger partial charge in [0.15, 0.2) is 11.5 Å². The molecular weight excluding hydrogens is 308 g/mol. The molecule has 0 aliphatic carbocycles. The predicted octanol–water partition coefficient (Wildman–Crippen LogP) is 2.67. The van der Waals surface area contributed by atoms with Crippen molar-refractivity contribution in [1.29, 1.82) is 0 Å². The summed E-state index contributed by atoms with van der Waals surface area (Å²) in [6.45, 7) is 2.42. The number of hydrogen-bond acceptors (Lipinski definition) is 7. The molecule has 0 spiro atoms. The number of benzene rings is 1. The van der Waals surface area contributed by atoms with Crippen molar-refractivity contribution in [3.05, 3.63) is 40.5 Å². The average molecular weight is 320 g/mol. The molecule has 0 radical (unpaired) electrons. The van der Waals surface area contributed by atoms with Gasteiger partial charge in [-0.3, -0.25) is 5.01 Å². The van der Waals surface area contributed by atoms with E-state index >= 15 is 0 Å². The molecule has 0 amide bonds. The number of nitrogens with zero attached hydrogens (tertiary/aromatic N) is 4. The van der Waals surface area contributed by atoms with Crippen molar-refractivity contribution in [2.45, 2.75) is 17.5 Å². The number of thioether (sulfide) groups is 2. The smallest absolute Gasteiger partial charge is 0.216 e. The van der Waals surface area contributed by atoms with Crippen LogP contribution in [0.1, 0.15) is 17.9 Å². The zero-order chi connectivity index (χ0) is 14.4. The van der Waals surface area contributed by atoms with Gasteiger partial charge in [0, 0.05) is 5.41 Å². The van der Waals surface area contributed by atoms with E-state index in [4.69, 9.17) is 4.74 Å². The van der Waals surface area contributed by atoms with E-state index in [-0.39, 0.29) is 11.1 Å². The lowest BCUT2D eigenvalue weighted by atomic mass is 10.2. The molecular formula is C13H12N4O2S2. The third-order valence-electron chi connectivity index (χ3n) is 3.24. The number of rotatable bonds is 3. The molecule has 1 N–H and O–H groups in total. The summed E-state index contributed by atoms with van der Waals surface area (Å²) in [6.07, 6.45) is 1.71. The van der Waals surface area contributed by atoms with Crippen LogP contribution in [0.15, 0.2) is 40.1 Å². The maximum absolute atomic E-state index is 9.83. The Hall–Kier alpha value is -1.80. The van der Waals surface area contributed by atoms with Crippen molar-refractivity contribution < 1.29 is 9.84 Å². The molecule has 1 aromatic heterocycles. The lowest BCUT2D eigenvalue weighted by Gasteiger charge is -2.24. The van der Waals surface area contributed by atoms with Gasteiger partial charge in [-0.2, -0.15) is 0 Å². The number of aromatic nitrogens is 3. The van der Waals surface area contributed by atoms with Crippen LogP contribution in [0, 0.1) is 0 Å². The molecule has 2 aromatic rings. The molecule has 8 heteroatoms. The van der Waals surface area contributed by atoms with Crippen LogP contribution in [-0.4, -0.2) is 26.6 Å². The van der Waals surface area contributed by atoms with E-state index in [2.05, 4.69) is 20.6 Å². The van der Waals surface area contributed by atoms with Gasteiger partial charge < -0.3 is 9.84 Å². The first-order chi connectivity index (χ1) is 10.3. The molecule has 0 saturated carbocycles. The van der Waals surface area contributed by atoms with Gasteiger partial charge in [0.25, 0.3) is 0 Å². The second-order valence-corrected chi connectivity index (χ2v) is 6.45. The minimum absolute atomic E-state index is 0.0876. The van der Waals surface area contributed by atoms with Gasteiger partial charge in [-0.15, -0.1) is 10.2 Å². The minimum Gasteiger partial charge on any atom is -0.504 e. The molecule has 4 rings (SSSR count). The van der Waals surface area contributed by atoms with E-state index in [1.807, 2.05) is 23.7 Å². The topological polar surface area (TPSA) is 63.4 Å². The summed E-state index contributed by atoms with van der Waals surface area (Å²) in [7, 11) is 0. The van der Waals surface area contributed by atoms with Gasteiger partial charge >= 0.3 is 0 Å². The molecule has 0 saturated heterocycles. The van der Waals surface area contributed by atoms with Crippen molar-refractivity contribution in [3.8, 4) is 11.5 Å². The van der Waals surface area contributed by atoms with E-state index in [0.29, 0.717) is 12.4 Å². The largest absolute Gasteiger partial charge is 0.504 e. The molecule has 2 aliphatic rings. The Labute approximate surface area is 129 Å². The molecule has 3 heterocycles. The second-order valence-electron chi connectivity index (χ2n) is 4.51. The van der Waals surface area contributed by atoms with Crippen LogP contribution in [0.3, 0.4) is 0 Å². The van der Waals surface area contributed by atoms with Gasteiger partial charge in [0.2, 0.25) is 5.16 Å². The summed E-state index contributed by atoms with van der Waals surface area (Å²) in [5.41, 5.74) is 1.06. The number of phenolic OH excluding ortho intramolecular Hbond substituents is 1. The first-order valence-electron chi connectivity index (χ1n) is 6.46. The Morgan fingerprint density at radius 3 is 3.19 bits per heavy atom. The molecule has 21 heavy (non-hydrogen) atoms.